The van der Waals surface area contributed by atoms with Crippen molar-refractivity contribution in [1.29, 1.82) is 5.53 Å². The van der Waals surface area contributed by atoms with E-state index < -0.39 is 87.3 Å². The number of carbonyl (C=O) groups is 12. The second-order valence-electron chi connectivity index (χ2n) is 7.06. The number of nitrogens with two attached hydrogens (primary N) is 2. The number of ketones is 2. The zero-order valence-electron chi connectivity index (χ0n) is 23.0. The summed E-state index contributed by atoms with van der Waals surface area (Å²) in [7, 11) is 1.24. The van der Waals surface area contributed by atoms with Crippen LogP contribution in [-0.4, -0.2) is 93.2 Å². The quantitative estimate of drug-likeness (QED) is 0.0556. The molecule has 26 heteroatoms. The maximum absolute atomic E-state index is 11.0. The van der Waals surface area contributed by atoms with Crippen molar-refractivity contribution < 1.29 is 175 Å². The van der Waals surface area contributed by atoms with Gasteiger partial charge in [0.15, 0.2) is 5.41 Å². The number of nitrogens with one attached hydrogen (secondary N) is 3. The molecule has 1 aliphatic carbocycles. The summed E-state index contributed by atoms with van der Waals surface area (Å²) in [5.41, 5.74) is 8.65. The van der Waals surface area contributed by atoms with E-state index in [-0.39, 0.29) is 119 Å². The number of aliphatic carboxylic acids is 2. The zero-order valence-corrected chi connectivity index (χ0v) is 31.5. The van der Waals surface area contributed by atoms with Gasteiger partial charge in [0.05, 0.1) is 5.91 Å². The molecule has 9 N–H and O–H groups in total. The normalized spacial score (nSPS) is 16.2. The Labute approximate surface area is 326 Å². The summed E-state index contributed by atoms with van der Waals surface area (Å²) in [6.07, 6.45) is 0.781. The number of ether oxygens (including phenoxy) is 2. The first-order valence-electron chi connectivity index (χ1n) is 9.17. The van der Waals surface area contributed by atoms with E-state index in [1.165, 1.54) is 7.05 Å². The van der Waals surface area contributed by atoms with Crippen LogP contribution < -0.4 is 5.73 Å². The number of carbonyl (C=O) groups excluding carboxylic acids is 10. The number of likely N-dealkylation sites (tertiary alicyclic amines) is 1. The summed E-state index contributed by atoms with van der Waals surface area (Å²) >= 11 is 0. The number of carboxylic acid groups (broad SMARTS) is 2. The number of β-lactam (4-membered cyclic amide) rings is 2. The van der Waals surface area contributed by atoms with Crippen molar-refractivity contribution in [2.24, 2.45) is 27.2 Å². The summed E-state index contributed by atoms with van der Waals surface area (Å²) in [6, 6.07) is 0. The number of primary amides is 1. The molecule has 4 aliphatic rings. The van der Waals surface area contributed by atoms with E-state index in [2.05, 4.69) is 15.2 Å². The molecule has 0 aromatic heterocycles. The molecule has 1 saturated carbocycles. The van der Waals surface area contributed by atoms with Gasteiger partial charge in [0.25, 0.3) is 23.1 Å². The molecule has 0 atom stereocenters. The second kappa shape index (κ2) is 19.6. The number of nitrogens with zero attached hydrogens (tertiary/aromatic N) is 2. The Morgan fingerprint density at radius 2 is 1.09 bits per heavy atom. The molecule has 4 fully saturated rings. The minimum Gasteiger partial charge on any atom is -0.693 e. The van der Waals surface area contributed by atoms with Crippen LogP contribution in [0.5, 0.6) is 0 Å². The Kier molecular flexibility index (Phi) is 23.9. The zero-order chi connectivity index (χ0) is 30.8. The van der Waals surface area contributed by atoms with Crippen molar-refractivity contribution in [2.75, 3.05) is 7.05 Å². The van der Waals surface area contributed by atoms with E-state index in [1.54, 1.807) is 0 Å². The minimum atomic E-state index is -3.50. The SMILES string of the molecule is CN1C(=O)C2(C(=O)[CH-]C2=O)C1=O.N=N[NH-].O=C1OC(=O)C12C(=O)OC2=O.[CH3-].[CH3-].[NH-]C(=O)C(C(N)=O)(C(=O)O)C(=O)O.[NH2-].[Y].[Y].[Y]. The molecule has 3 heterocycles. The Bertz CT molecular complexity index is 1180. The minimum absolute atomic E-state index is 0. The third kappa shape index (κ3) is 7.95. The predicted octanol–water partition coefficient (Wildman–Crippen LogP) is -2.73. The molecular weight excluding hydrogens is 849 g/mol. The van der Waals surface area contributed by atoms with Gasteiger partial charge < -0.3 is 77.9 Å². The molecule has 3 radical (unpaired) electrons. The van der Waals surface area contributed by atoms with Crippen LogP contribution in [0.4, 0.5) is 0 Å². The third-order valence-electron chi connectivity index (χ3n) is 5.20. The van der Waals surface area contributed by atoms with Gasteiger partial charge in [0.2, 0.25) is 0 Å². The van der Waals surface area contributed by atoms with Gasteiger partial charge in [-0.1, -0.05) is 0 Å². The molecular formula is C19H19N7O16Y3-6. The largest absolute Gasteiger partial charge is 0.693 e. The van der Waals surface area contributed by atoms with E-state index >= 15 is 0 Å². The Morgan fingerprint density at radius 3 is 1.18 bits per heavy atom. The molecule has 45 heavy (non-hydrogen) atoms. The molecule has 0 aromatic rings. The Hall–Kier alpha value is -2.82. The predicted molar refractivity (Wildman–Crippen MR) is 123 cm³/mol. The Morgan fingerprint density at radius 1 is 0.822 bits per heavy atom. The number of hydrogen-bond donors (Lipinski definition) is 4. The number of esters is 4. The van der Waals surface area contributed by atoms with Gasteiger partial charge >= 0.3 is 41.2 Å². The number of hydrogen-bond acceptors (Lipinski definition) is 16. The maximum Gasteiger partial charge on any atom is 0.357 e. The van der Waals surface area contributed by atoms with E-state index in [4.69, 9.17) is 27.3 Å². The van der Waals surface area contributed by atoms with Crippen LogP contribution in [0.25, 0.3) is 17.7 Å². The van der Waals surface area contributed by atoms with Gasteiger partial charge in [-0.15, -0.1) is 0 Å². The summed E-state index contributed by atoms with van der Waals surface area (Å²) in [6.45, 7) is 0. The van der Waals surface area contributed by atoms with Gasteiger partial charge in [-0.2, -0.15) is 0 Å². The van der Waals surface area contributed by atoms with Crippen molar-refractivity contribution in [3.8, 4) is 0 Å². The molecule has 3 saturated heterocycles. The Balaban J connectivity index is -0.000000114. The molecule has 0 unspecified atom stereocenters. The average molecular weight is 868 g/mol. The summed E-state index contributed by atoms with van der Waals surface area (Å²) in [4.78, 5) is 128. The molecule has 2 spiro atoms. The van der Waals surface area contributed by atoms with Crippen LogP contribution in [0.1, 0.15) is 0 Å². The molecule has 241 valence electrons. The van der Waals surface area contributed by atoms with Crippen LogP contribution in [0.2, 0.25) is 0 Å². The van der Waals surface area contributed by atoms with E-state index in [9.17, 15) is 57.5 Å². The van der Waals surface area contributed by atoms with Crippen LogP contribution in [0, 0.1) is 43.1 Å². The van der Waals surface area contributed by atoms with Crippen LogP contribution in [-0.2, 0) is 165 Å². The molecule has 0 aromatic carbocycles. The number of imide groups is 1. The van der Waals surface area contributed by atoms with Crippen molar-refractivity contribution in [3.63, 3.8) is 0 Å². The van der Waals surface area contributed by atoms with E-state index in [1.807, 2.05) is 5.22 Å². The summed E-state index contributed by atoms with van der Waals surface area (Å²) in [5, 5.41) is 18.6. The number of amides is 4. The van der Waals surface area contributed by atoms with Gasteiger partial charge in [-0.05, 0) is 0 Å². The fourth-order valence-corrected chi connectivity index (χ4v) is 2.92. The van der Waals surface area contributed by atoms with E-state index in [0.717, 1.165) is 11.3 Å². The first kappa shape index (κ1) is 54.6. The van der Waals surface area contributed by atoms with Crippen LogP contribution >= 0.6 is 0 Å². The molecule has 23 nitrogen and oxygen atoms in total. The fourth-order valence-electron chi connectivity index (χ4n) is 2.92. The fraction of sp³-hybridized carbons (Fsp3) is 0.211. The van der Waals surface area contributed by atoms with Gasteiger partial charge in [0, 0.05) is 117 Å². The van der Waals surface area contributed by atoms with Crippen molar-refractivity contribution in [2.45, 2.75) is 0 Å². The monoisotopic (exact) mass is 868 g/mol. The summed E-state index contributed by atoms with van der Waals surface area (Å²) < 4.78 is 7.68. The first-order valence-corrected chi connectivity index (χ1v) is 9.17. The number of carboxylic acids is 2. The molecule has 4 rings (SSSR count). The number of Topliss-reactive ketones (excluding diaryl/α,β-unsaturated/α-hetero) is 2. The van der Waals surface area contributed by atoms with Gasteiger partial charge in [-0.3, -0.25) is 30.9 Å². The van der Waals surface area contributed by atoms with E-state index in [0.29, 0.717) is 0 Å². The van der Waals surface area contributed by atoms with Crippen molar-refractivity contribution in [3.05, 3.63) is 39.0 Å². The van der Waals surface area contributed by atoms with Crippen LogP contribution in [0.3, 0.4) is 0 Å². The standard InChI is InChI=1S/C7H4NO4.C5H6N2O6.C5O6.2CH3.H2N3.H2N.3Y/c1-8-5(11)7(6(8)12)3(9)2-4(7)10;6-1(8)5(2(7)9,3(10)11)4(12)13;6-1-5(2(7)10-1)3(8)11-4(5)9;;;1-3-2;;;;/h2H,1H3;(H6,6,7,8,9,10,11,12,13);;2*1H3;(H2-,1,2);1H2;;;/q-1;;;4*-1;;;/p-1. The molecule has 3 aliphatic heterocycles. The van der Waals surface area contributed by atoms with Gasteiger partial charge in [0.1, 0.15) is 0 Å². The smallest absolute Gasteiger partial charge is 0.357 e. The van der Waals surface area contributed by atoms with Crippen molar-refractivity contribution >= 4 is 71.0 Å². The summed E-state index contributed by atoms with van der Waals surface area (Å²) in [5.74, 6) is -10.3. The van der Waals surface area contributed by atoms with Crippen LogP contribution in [0.15, 0.2) is 5.22 Å². The molecule has 4 amide bonds. The number of rotatable bonds is 4. The molecule has 0 bridgehead atoms. The topological polar surface area (TPSA) is 410 Å². The first-order chi connectivity index (χ1) is 17.8. The maximum atomic E-state index is 11.0. The average Bonchev–Trinajstić information content (AvgIpc) is 2.79. The second-order valence-corrected chi connectivity index (χ2v) is 7.06. The van der Waals surface area contributed by atoms with Gasteiger partial charge in [-0.25, -0.2) is 28.8 Å². The third-order valence-corrected chi connectivity index (χ3v) is 5.20. The van der Waals surface area contributed by atoms with Crippen molar-refractivity contribution in [1.82, 2.24) is 4.90 Å². The number of cyclic esters (lactones) is 4.